The Morgan fingerprint density at radius 3 is 1.59 bits per heavy atom. The second-order valence-corrected chi connectivity index (χ2v) is 8.09. The van der Waals surface area contributed by atoms with Crippen LogP contribution in [0.2, 0.25) is 0 Å². The van der Waals surface area contributed by atoms with Crippen LogP contribution in [0.1, 0.15) is 23.1 Å². The van der Waals surface area contributed by atoms with Gasteiger partial charge in [0.25, 0.3) is 11.4 Å². The van der Waals surface area contributed by atoms with E-state index < -0.39 is 9.85 Å². The second-order valence-electron chi connectivity index (χ2n) is 8.09. The van der Waals surface area contributed by atoms with Gasteiger partial charge in [-0.1, -0.05) is 5.16 Å². The van der Waals surface area contributed by atoms with Crippen molar-refractivity contribution >= 4 is 35.3 Å². The molecule has 0 amide bonds. The van der Waals surface area contributed by atoms with Gasteiger partial charge in [0.15, 0.2) is 6.29 Å². The topological polar surface area (TPSA) is 224 Å². The highest BCUT2D eigenvalue weighted by Gasteiger charge is 2.15. The number of rotatable bonds is 10. The third-order valence-corrected chi connectivity index (χ3v) is 5.16. The maximum absolute atomic E-state index is 11.0. The minimum Gasteiger partial charge on any atom is -0.457 e. The number of anilines is 2. The number of nitrogens with one attached hydrogen (secondary N) is 2. The van der Waals surface area contributed by atoms with E-state index in [0.717, 1.165) is 6.21 Å². The summed E-state index contributed by atoms with van der Waals surface area (Å²) >= 11 is 0. The number of nitrogens with zero attached hydrogens (tertiary/aromatic N) is 5. The normalized spacial score (nSPS) is 9.91. The zero-order valence-electron chi connectivity index (χ0n) is 23.8. The van der Waals surface area contributed by atoms with Crippen molar-refractivity contribution < 1.29 is 34.4 Å². The maximum atomic E-state index is 11.0. The van der Waals surface area contributed by atoms with E-state index in [9.17, 15) is 25.0 Å². The monoisotopic (exact) mass is 607 g/mol. The molecule has 0 atom stereocenters. The van der Waals surface area contributed by atoms with Crippen LogP contribution in [-0.4, -0.2) is 63.3 Å². The average molecular weight is 608 g/mol. The van der Waals surface area contributed by atoms with Crippen LogP contribution in [-0.2, 0) is 0 Å². The largest absolute Gasteiger partial charge is 0.457 e. The number of oxime groups is 1. The lowest BCUT2D eigenvalue weighted by Crippen LogP contribution is -1.97. The Labute approximate surface area is 250 Å². The average Bonchev–Trinajstić information content (AvgIpc) is 3.02. The van der Waals surface area contributed by atoms with Gasteiger partial charge in [-0.2, -0.15) is 0 Å². The standard InChI is InChI=1S/C13H12N4O4.C13H11N3O4.C2H6O/c1-14-12-3-2-10(7-13(12)17(19)20)21-11-4-5-15-9(6-11)8-16-18;1-14-12-3-2-10(7-13(12)16(18)19)20-11-4-5-15-9(6-11)8-17;1-2-3/h2-8,14,18H,1H3;2-8,14H,1H3;3H,2H2,1H3/b16-8-;;. The summed E-state index contributed by atoms with van der Waals surface area (Å²) < 4.78 is 11.0. The lowest BCUT2D eigenvalue weighted by molar-refractivity contribution is -0.384. The Kier molecular flexibility index (Phi) is 13.6. The molecule has 4 rings (SSSR count). The molecule has 0 bridgehead atoms. The fourth-order valence-electron chi connectivity index (χ4n) is 3.32. The minimum absolute atomic E-state index is 0.0822. The fraction of sp³-hybridized carbons (Fsp3) is 0.143. The molecule has 0 aliphatic rings. The first-order valence-corrected chi connectivity index (χ1v) is 12.6. The van der Waals surface area contributed by atoms with Crippen molar-refractivity contribution in [1.82, 2.24) is 9.97 Å². The molecule has 230 valence electrons. The molecule has 0 aliphatic carbocycles. The van der Waals surface area contributed by atoms with E-state index >= 15 is 0 Å². The van der Waals surface area contributed by atoms with Gasteiger partial charge in [-0.05, 0) is 43.3 Å². The first kappa shape index (κ1) is 34.0. The number of carbonyl (C=O) groups excluding carboxylic acids is 1. The number of nitro benzene ring substituents is 2. The predicted molar refractivity (Wildman–Crippen MR) is 161 cm³/mol. The molecule has 16 heteroatoms. The zero-order chi connectivity index (χ0) is 32.5. The highest BCUT2D eigenvalue weighted by Crippen LogP contribution is 2.32. The predicted octanol–water partition coefficient (Wildman–Crippen LogP) is 5.27. The van der Waals surface area contributed by atoms with E-state index in [2.05, 4.69) is 25.8 Å². The molecule has 0 aliphatic heterocycles. The lowest BCUT2D eigenvalue weighted by atomic mass is 10.2. The third kappa shape index (κ3) is 10.3. The number of hydrogen-bond donors (Lipinski definition) is 4. The Morgan fingerprint density at radius 1 is 0.795 bits per heavy atom. The molecular formula is C28H29N7O9. The summed E-state index contributed by atoms with van der Waals surface area (Å²) in [6, 6.07) is 15.1. The van der Waals surface area contributed by atoms with Crippen LogP contribution in [0.5, 0.6) is 23.0 Å². The molecule has 0 fully saturated rings. The zero-order valence-corrected chi connectivity index (χ0v) is 23.8. The number of pyridine rings is 2. The Bertz CT molecular complexity index is 1600. The highest BCUT2D eigenvalue weighted by atomic mass is 16.6. The van der Waals surface area contributed by atoms with E-state index in [1.807, 2.05) is 0 Å². The molecule has 0 saturated carbocycles. The van der Waals surface area contributed by atoms with Crippen molar-refractivity contribution in [3.05, 3.63) is 105 Å². The molecule has 0 unspecified atom stereocenters. The number of aromatic nitrogens is 2. The summed E-state index contributed by atoms with van der Waals surface area (Å²) in [6.45, 7) is 1.93. The van der Waals surface area contributed by atoms with Gasteiger partial charge in [-0.15, -0.1) is 0 Å². The number of ether oxygens (including phenoxy) is 2. The maximum Gasteiger partial charge on any atom is 0.296 e. The lowest BCUT2D eigenvalue weighted by Gasteiger charge is -2.08. The molecule has 4 aromatic rings. The van der Waals surface area contributed by atoms with Crippen molar-refractivity contribution in [2.24, 2.45) is 5.16 Å². The van der Waals surface area contributed by atoms with Crippen LogP contribution < -0.4 is 20.1 Å². The summed E-state index contributed by atoms with van der Waals surface area (Å²) in [5.41, 5.74) is 1.25. The number of nitro groups is 2. The highest BCUT2D eigenvalue weighted by molar-refractivity contribution is 5.77. The Hall–Kier alpha value is -6.16. The number of aliphatic hydroxyl groups is 1. The number of aldehydes is 1. The second kappa shape index (κ2) is 17.6. The SMILES string of the molecule is CCO.CNc1ccc(Oc2ccnc(/C=N\O)c2)cc1[N+](=O)[O-].CNc1ccc(Oc2ccnc(C=O)c2)cc1[N+](=O)[O-]. The summed E-state index contributed by atoms with van der Waals surface area (Å²) in [4.78, 5) is 39.3. The minimum atomic E-state index is -0.498. The third-order valence-electron chi connectivity index (χ3n) is 5.16. The molecule has 4 N–H and O–H groups in total. The van der Waals surface area contributed by atoms with Crippen LogP contribution in [0.3, 0.4) is 0 Å². The fourth-order valence-corrected chi connectivity index (χ4v) is 3.32. The molecule has 2 aromatic carbocycles. The van der Waals surface area contributed by atoms with Gasteiger partial charge in [-0.25, -0.2) is 0 Å². The van der Waals surface area contributed by atoms with Crippen LogP contribution in [0.25, 0.3) is 0 Å². The van der Waals surface area contributed by atoms with E-state index in [0.29, 0.717) is 46.4 Å². The van der Waals surface area contributed by atoms with E-state index in [1.165, 1.54) is 36.7 Å². The molecule has 2 heterocycles. The van der Waals surface area contributed by atoms with Gasteiger partial charge in [0.1, 0.15) is 40.1 Å². The molecule has 2 aromatic heterocycles. The van der Waals surface area contributed by atoms with Gasteiger partial charge in [0, 0.05) is 45.2 Å². The quantitative estimate of drug-likeness (QED) is 0.0593. The molecule has 0 radical (unpaired) electrons. The molecule has 0 saturated heterocycles. The van der Waals surface area contributed by atoms with Crippen molar-refractivity contribution in [2.45, 2.75) is 6.92 Å². The number of benzene rings is 2. The molecule has 0 spiro atoms. The number of aliphatic hydroxyl groups excluding tert-OH is 1. The summed E-state index contributed by atoms with van der Waals surface area (Å²) in [5, 5.41) is 46.3. The van der Waals surface area contributed by atoms with Crippen LogP contribution in [0.4, 0.5) is 22.7 Å². The molecular weight excluding hydrogens is 578 g/mol. The van der Waals surface area contributed by atoms with Crippen LogP contribution >= 0.6 is 0 Å². The molecule has 16 nitrogen and oxygen atoms in total. The van der Waals surface area contributed by atoms with Crippen LogP contribution in [0.15, 0.2) is 78.2 Å². The van der Waals surface area contributed by atoms with Crippen molar-refractivity contribution in [2.75, 3.05) is 31.3 Å². The summed E-state index contributed by atoms with van der Waals surface area (Å²) in [7, 11) is 3.20. The van der Waals surface area contributed by atoms with Crippen LogP contribution in [0, 0.1) is 20.2 Å². The van der Waals surface area contributed by atoms with E-state index in [4.69, 9.17) is 19.8 Å². The summed E-state index contributed by atoms with van der Waals surface area (Å²) in [5.74, 6) is 1.43. The van der Waals surface area contributed by atoms with Gasteiger partial charge in [-0.3, -0.25) is 35.0 Å². The first-order valence-electron chi connectivity index (χ1n) is 12.6. The molecule has 44 heavy (non-hydrogen) atoms. The number of hydrogen-bond acceptors (Lipinski definition) is 14. The van der Waals surface area contributed by atoms with E-state index in [-0.39, 0.29) is 23.7 Å². The van der Waals surface area contributed by atoms with Crippen molar-refractivity contribution in [3.63, 3.8) is 0 Å². The first-order chi connectivity index (χ1) is 21.2. The van der Waals surface area contributed by atoms with Gasteiger partial charge in [0.2, 0.25) is 0 Å². The Balaban J connectivity index is 0.000000282. The van der Waals surface area contributed by atoms with E-state index in [1.54, 1.807) is 57.4 Å². The smallest absolute Gasteiger partial charge is 0.296 e. The number of carbonyl (C=O) groups is 1. The van der Waals surface area contributed by atoms with Gasteiger partial charge in [0.05, 0.1) is 33.9 Å². The Morgan fingerprint density at radius 2 is 1.20 bits per heavy atom. The van der Waals surface area contributed by atoms with Crippen molar-refractivity contribution in [1.29, 1.82) is 0 Å². The van der Waals surface area contributed by atoms with Crippen molar-refractivity contribution in [3.8, 4) is 23.0 Å². The van der Waals surface area contributed by atoms with Gasteiger partial charge >= 0.3 is 0 Å². The summed E-state index contributed by atoms with van der Waals surface area (Å²) in [6.07, 6.45) is 4.65. The van der Waals surface area contributed by atoms with Gasteiger partial charge < -0.3 is 30.4 Å².